The van der Waals surface area contributed by atoms with Gasteiger partial charge in [-0.25, -0.2) is 4.98 Å². The van der Waals surface area contributed by atoms with Crippen LogP contribution in [0.2, 0.25) is 0 Å². The Balaban J connectivity index is 0.000000211. The van der Waals surface area contributed by atoms with Crippen molar-refractivity contribution in [2.24, 2.45) is 0 Å². The lowest BCUT2D eigenvalue weighted by atomic mass is 10.3. The van der Waals surface area contributed by atoms with Gasteiger partial charge in [-0.3, -0.25) is 5.10 Å². The molecule has 1 aromatic rings. The summed E-state index contributed by atoms with van der Waals surface area (Å²) in [5.41, 5.74) is 0. The van der Waals surface area contributed by atoms with Gasteiger partial charge in [0.05, 0.1) is 0 Å². The van der Waals surface area contributed by atoms with Gasteiger partial charge < -0.3 is 5.32 Å². The molecule has 0 bridgehead atoms. The van der Waals surface area contributed by atoms with E-state index < -0.39 is 0 Å². The van der Waals surface area contributed by atoms with Crippen LogP contribution in [-0.2, 0) is 0 Å². The van der Waals surface area contributed by atoms with Crippen LogP contribution in [0.25, 0.3) is 0 Å². The maximum atomic E-state index is 3.56. The van der Waals surface area contributed by atoms with Gasteiger partial charge in [0.15, 0.2) is 0 Å². The first-order chi connectivity index (χ1) is 5.63. The summed E-state index contributed by atoms with van der Waals surface area (Å²) >= 11 is 0. The summed E-state index contributed by atoms with van der Waals surface area (Å²) < 4.78 is 0. The highest BCUT2D eigenvalue weighted by molar-refractivity contribution is 4.55. The van der Waals surface area contributed by atoms with Gasteiger partial charge in [0.1, 0.15) is 12.7 Å². The molecule has 4 heteroatoms. The zero-order valence-corrected chi connectivity index (χ0v) is 8.20. The average Bonchev–Trinajstić information content (AvgIpc) is 2.36. The van der Waals surface area contributed by atoms with Crippen LogP contribution in [0.3, 0.4) is 0 Å². The molecule has 0 aliphatic carbocycles. The minimum absolute atomic E-state index is 0.625. The molecule has 2 N–H and O–H groups in total. The van der Waals surface area contributed by atoms with Crippen LogP contribution in [0, 0.1) is 0 Å². The van der Waals surface area contributed by atoms with Gasteiger partial charge in [-0.05, 0) is 0 Å². The number of aromatic amines is 1. The van der Waals surface area contributed by atoms with Crippen molar-refractivity contribution in [2.45, 2.75) is 39.8 Å². The van der Waals surface area contributed by atoms with Crippen LogP contribution in [-0.4, -0.2) is 27.3 Å². The van der Waals surface area contributed by atoms with Crippen molar-refractivity contribution in [3.63, 3.8) is 0 Å². The Labute approximate surface area is 73.8 Å². The summed E-state index contributed by atoms with van der Waals surface area (Å²) in [5.74, 6) is 0. The van der Waals surface area contributed by atoms with E-state index in [9.17, 15) is 0 Å². The largest absolute Gasteiger partial charge is 0.312 e. The van der Waals surface area contributed by atoms with E-state index in [0.717, 1.165) is 0 Å². The van der Waals surface area contributed by atoms with Crippen molar-refractivity contribution in [3.8, 4) is 0 Å². The first-order valence-corrected chi connectivity index (χ1v) is 4.17. The van der Waals surface area contributed by atoms with Crippen LogP contribution in [0.5, 0.6) is 0 Å². The van der Waals surface area contributed by atoms with Crippen molar-refractivity contribution in [1.29, 1.82) is 0 Å². The second-order valence-corrected chi connectivity index (χ2v) is 3.13. The van der Waals surface area contributed by atoms with Crippen LogP contribution in [0.15, 0.2) is 12.7 Å². The molecule has 0 spiro atoms. The molecule has 70 valence electrons. The molecule has 1 rings (SSSR count). The summed E-state index contributed by atoms with van der Waals surface area (Å²) in [4.78, 5) is 3.56. The Bertz CT molecular complexity index is 134. The summed E-state index contributed by atoms with van der Waals surface area (Å²) in [5, 5.41) is 9.29. The van der Waals surface area contributed by atoms with Crippen molar-refractivity contribution >= 4 is 0 Å². The molecule has 1 heterocycles. The van der Waals surface area contributed by atoms with Gasteiger partial charge in [-0.1, -0.05) is 27.7 Å². The second-order valence-electron chi connectivity index (χ2n) is 3.13. The van der Waals surface area contributed by atoms with Crippen LogP contribution in [0.1, 0.15) is 27.7 Å². The molecular formula is C8H18N4. The Morgan fingerprint density at radius 1 is 1.17 bits per heavy atom. The fraction of sp³-hybridized carbons (Fsp3) is 0.750. The van der Waals surface area contributed by atoms with E-state index in [-0.39, 0.29) is 0 Å². The van der Waals surface area contributed by atoms with E-state index in [1.165, 1.54) is 12.7 Å². The molecule has 0 unspecified atom stereocenters. The van der Waals surface area contributed by atoms with Crippen LogP contribution in [0.4, 0.5) is 0 Å². The molecule has 0 fully saturated rings. The van der Waals surface area contributed by atoms with E-state index >= 15 is 0 Å². The molecule has 0 atom stereocenters. The summed E-state index contributed by atoms with van der Waals surface area (Å²) in [6, 6.07) is 1.25. The monoisotopic (exact) mass is 170 g/mol. The number of rotatable bonds is 2. The first-order valence-electron chi connectivity index (χ1n) is 4.17. The van der Waals surface area contributed by atoms with E-state index in [1.807, 2.05) is 0 Å². The molecule has 12 heavy (non-hydrogen) atoms. The number of H-pyrrole nitrogens is 1. The third-order valence-corrected chi connectivity index (χ3v) is 0.998. The lowest BCUT2D eigenvalue weighted by Gasteiger charge is -2.10. The number of aromatic nitrogens is 3. The number of hydrogen-bond donors (Lipinski definition) is 2. The van der Waals surface area contributed by atoms with Crippen molar-refractivity contribution in [2.75, 3.05) is 0 Å². The van der Waals surface area contributed by atoms with Crippen molar-refractivity contribution in [3.05, 3.63) is 12.7 Å². The lowest BCUT2D eigenvalue weighted by molar-refractivity contribution is 0.518. The average molecular weight is 170 g/mol. The highest BCUT2D eigenvalue weighted by Gasteiger charge is 1.92. The van der Waals surface area contributed by atoms with E-state index in [1.54, 1.807) is 0 Å². The minimum atomic E-state index is 0.625. The summed E-state index contributed by atoms with van der Waals surface area (Å²) in [7, 11) is 0. The van der Waals surface area contributed by atoms with E-state index in [2.05, 4.69) is 48.2 Å². The normalized spacial score (nSPS) is 9.83. The Morgan fingerprint density at radius 2 is 1.75 bits per heavy atom. The Hall–Kier alpha value is -0.900. The smallest absolute Gasteiger partial charge is 0.137 e. The van der Waals surface area contributed by atoms with Crippen LogP contribution >= 0.6 is 0 Å². The zero-order valence-electron chi connectivity index (χ0n) is 8.20. The molecule has 1 aromatic heterocycles. The van der Waals surface area contributed by atoms with Gasteiger partial charge >= 0.3 is 0 Å². The van der Waals surface area contributed by atoms with Gasteiger partial charge in [0.25, 0.3) is 0 Å². The van der Waals surface area contributed by atoms with E-state index in [0.29, 0.717) is 12.1 Å². The van der Waals surface area contributed by atoms with Gasteiger partial charge in [-0.2, -0.15) is 5.10 Å². The molecule has 0 radical (unpaired) electrons. The first kappa shape index (κ1) is 11.1. The topological polar surface area (TPSA) is 53.6 Å². The fourth-order valence-electron chi connectivity index (χ4n) is 0.833. The molecule has 4 nitrogen and oxygen atoms in total. The van der Waals surface area contributed by atoms with Crippen molar-refractivity contribution in [1.82, 2.24) is 20.5 Å². The number of hydrogen-bond acceptors (Lipinski definition) is 3. The molecule has 0 saturated carbocycles. The van der Waals surface area contributed by atoms with E-state index in [4.69, 9.17) is 0 Å². The molecule has 0 aromatic carbocycles. The molecule has 0 aliphatic heterocycles. The second kappa shape index (κ2) is 6.79. The van der Waals surface area contributed by atoms with Gasteiger partial charge in [0, 0.05) is 12.1 Å². The molecule has 0 amide bonds. The highest BCUT2D eigenvalue weighted by Crippen LogP contribution is 1.80. The lowest BCUT2D eigenvalue weighted by Crippen LogP contribution is -2.29. The third kappa shape index (κ3) is 9.10. The number of nitrogens with one attached hydrogen (secondary N) is 2. The maximum Gasteiger partial charge on any atom is 0.137 e. The van der Waals surface area contributed by atoms with Gasteiger partial charge in [0.2, 0.25) is 0 Å². The molecular weight excluding hydrogens is 152 g/mol. The predicted molar refractivity (Wildman–Crippen MR) is 49.8 cm³/mol. The maximum absolute atomic E-state index is 3.56. The molecule has 0 aliphatic rings. The standard InChI is InChI=1S/C6H15N.C2H3N3/c1-5(2)7-6(3)4;1-3-2-5-4-1/h5-7H,1-4H3;1-2H,(H,3,4,5). The van der Waals surface area contributed by atoms with Gasteiger partial charge in [-0.15, -0.1) is 0 Å². The van der Waals surface area contributed by atoms with Crippen LogP contribution < -0.4 is 5.32 Å². The number of nitrogens with zero attached hydrogens (tertiary/aromatic N) is 2. The highest BCUT2D eigenvalue weighted by atomic mass is 15.2. The SMILES string of the molecule is CC(C)NC(C)C.c1nc[nH]n1. The Kier molecular flexibility index (Phi) is 6.28. The third-order valence-electron chi connectivity index (χ3n) is 0.998. The zero-order chi connectivity index (χ0) is 9.40. The summed E-state index contributed by atoms with van der Waals surface area (Å²) in [6.07, 6.45) is 2.96. The fourth-order valence-corrected chi connectivity index (χ4v) is 0.833. The summed E-state index contributed by atoms with van der Waals surface area (Å²) in [6.45, 7) is 8.61. The minimum Gasteiger partial charge on any atom is -0.312 e. The predicted octanol–water partition coefficient (Wildman–Crippen LogP) is 1.20. The quantitative estimate of drug-likeness (QED) is 0.701. The Morgan fingerprint density at radius 3 is 1.83 bits per heavy atom. The van der Waals surface area contributed by atoms with Crippen molar-refractivity contribution < 1.29 is 0 Å². The molecule has 0 saturated heterocycles.